The maximum atomic E-state index is 12.2. The lowest BCUT2D eigenvalue weighted by Crippen LogP contribution is -2.50. The molecule has 5 nitrogen and oxygen atoms in total. The quantitative estimate of drug-likeness (QED) is 0.817. The topological polar surface area (TPSA) is 72.2 Å². The Bertz CT molecular complexity index is 544. The van der Waals surface area contributed by atoms with Crippen molar-refractivity contribution in [1.29, 1.82) is 0 Å². The average Bonchev–Trinajstić information content (AvgIpc) is 2.68. The minimum atomic E-state index is -3.03. The molecule has 2 aliphatic heterocycles. The van der Waals surface area contributed by atoms with E-state index in [9.17, 15) is 13.5 Å². The van der Waals surface area contributed by atoms with E-state index < -0.39 is 25.9 Å². The van der Waals surface area contributed by atoms with Crippen LogP contribution in [-0.2, 0) is 22.5 Å². The van der Waals surface area contributed by atoms with E-state index in [-0.39, 0.29) is 0 Å². The number of aryl methyl sites for hydroxylation is 1. The first-order valence-corrected chi connectivity index (χ1v) is 7.98. The summed E-state index contributed by atoms with van der Waals surface area (Å²) in [5, 5.41) is 14.2. The molecular formula is C12H18N2O3S. The third-order valence-corrected chi connectivity index (χ3v) is 6.97. The largest absolute Gasteiger partial charge is 0.383 e. The molecule has 18 heavy (non-hydrogen) atoms. The van der Waals surface area contributed by atoms with Crippen molar-refractivity contribution < 1.29 is 13.5 Å². The highest BCUT2D eigenvalue weighted by atomic mass is 32.2. The molecule has 2 saturated heterocycles. The normalized spacial score (nSPS) is 38.6. The summed E-state index contributed by atoms with van der Waals surface area (Å²) in [5.74, 6) is 0. The van der Waals surface area contributed by atoms with Crippen molar-refractivity contribution in [2.45, 2.75) is 48.2 Å². The zero-order valence-corrected chi connectivity index (χ0v) is 11.2. The average molecular weight is 270 g/mol. The fraction of sp³-hybridized carbons (Fsp3) is 0.750. The van der Waals surface area contributed by atoms with E-state index >= 15 is 0 Å². The van der Waals surface area contributed by atoms with Gasteiger partial charge in [-0.1, -0.05) is 6.42 Å². The molecule has 0 spiro atoms. The Morgan fingerprint density at radius 1 is 1.39 bits per heavy atom. The van der Waals surface area contributed by atoms with Crippen LogP contribution in [0.15, 0.2) is 12.3 Å². The number of nitrogens with zero attached hydrogens (tertiary/aromatic N) is 2. The number of aliphatic hydroxyl groups is 1. The molecule has 2 atom stereocenters. The summed E-state index contributed by atoms with van der Waals surface area (Å²) in [6.07, 6.45) is 4.67. The highest BCUT2D eigenvalue weighted by molar-refractivity contribution is 7.92. The van der Waals surface area contributed by atoms with Crippen LogP contribution in [0.2, 0.25) is 0 Å². The second-order valence-electron chi connectivity index (χ2n) is 5.58. The molecule has 1 aromatic heterocycles. The Kier molecular flexibility index (Phi) is 2.57. The molecule has 6 heteroatoms. The molecule has 2 fully saturated rings. The second kappa shape index (κ2) is 3.81. The third kappa shape index (κ3) is 1.70. The zero-order chi connectivity index (χ0) is 13.0. The van der Waals surface area contributed by atoms with Gasteiger partial charge in [0.05, 0.1) is 16.2 Å². The molecule has 2 unspecified atom stereocenters. The van der Waals surface area contributed by atoms with Gasteiger partial charge in [0.25, 0.3) is 0 Å². The third-order valence-electron chi connectivity index (χ3n) is 4.30. The van der Waals surface area contributed by atoms with Gasteiger partial charge in [-0.3, -0.25) is 4.68 Å². The Labute approximate surface area is 107 Å². The van der Waals surface area contributed by atoms with Gasteiger partial charge in [0.15, 0.2) is 9.84 Å². The van der Waals surface area contributed by atoms with Gasteiger partial charge in [0.1, 0.15) is 5.60 Å². The Balaban J connectivity index is 1.98. The van der Waals surface area contributed by atoms with Crippen LogP contribution in [0.25, 0.3) is 0 Å². The first kappa shape index (κ1) is 12.2. The van der Waals surface area contributed by atoms with Gasteiger partial charge in [0.2, 0.25) is 0 Å². The molecule has 2 bridgehead atoms. The molecule has 3 heterocycles. The molecule has 2 aliphatic rings. The van der Waals surface area contributed by atoms with Crippen LogP contribution in [0.3, 0.4) is 0 Å². The van der Waals surface area contributed by atoms with Gasteiger partial charge >= 0.3 is 0 Å². The van der Waals surface area contributed by atoms with Crippen LogP contribution in [0, 0.1) is 0 Å². The van der Waals surface area contributed by atoms with E-state index in [1.165, 1.54) is 0 Å². The molecule has 1 N–H and O–H groups in total. The lowest BCUT2D eigenvalue weighted by Gasteiger charge is -2.42. The molecule has 0 radical (unpaired) electrons. The van der Waals surface area contributed by atoms with Crippen LogP contribution in [0.1, 0.15) is 37.8 Å². The monoisotopic (exact) mass is 270 g/mol. The fourth-order valence-corrected chi connectivity index (χ4v) is 5.87. The smallest absolute Gasteiger partial charge is 0.156 e. The van der Waals surface area contributed by atoms with E-state index in [2.05, 4.69) is 5.10 Å². The van der Waals surface area contributed by atoms with Gasteiger partial charge in [-0.25, -0.2) is 8.42 Å². The van der Waals surface area contributed by atoms with E-state index in [0.717, 1.165) is 6.42 Å². The van der Waals surface area contributed by atoms with Gasteiger partial charge in [-0.15, -0.1) is 0 Å². The predicted octanol–water partition coefficient (Wildman–Crippen LogP) is 0.737. The van der Waals surface area contributed by atoms with Gasteiger partial charge in [-0.2, -0.15) is 5.10 Å². The lowest BCUT2D eigenvalue weighted by molar-refractivity contribution is 0.000536. The first-order valence-electron chi connectivity index (χ1n) is 6.37. The predicted molar refractivity (Wildman–Crippen MR) is 66.7 cm³/mol. The number of aromatic nitrogens is 2. The van der Waals surface area contributed by atoms with Crippen LogP contribution < -0.4 is 0 Å². The van der Waals surface area contributed by atoms with Crippen molar-refractivity contribution in [2.24, 2.45) is 7.05 Å². The van der Waals surface area contributed by atoms with E-state index in [0.29, 0.717) is 31.4 Å². The van der Waals surface area contributed by atoms with Crippen molar-refractivity contribution >= 4 is 9.84 Å². The minimum absolute atomic E-state index is 0.294. The van der Waals surface area contributed by atoms with Crippen molar-refractivity contribution in [2.75, 3.05) is 0 Å². The number of rotatable bonds is 1. The number of hydrogen-bond acceptors (Lipinski definition) is 4. The van der Waals surface area contributed by atoms with Gasteiger partial charge < -0.3 is 5.11 Å². The van der Waals surface area contributed by atoms with Crippen LogP contribution in [0.5, 0.6) is 0 Å². The summed E-state index contributed by atoms with van der Waals surface area (Å²) in [7, 11) is -1.23. The van der Waals surface area contributed by atoms with Gasteiger partial charge in [0, 0.05) is 13.2 Å². The summed E-state index contributed by atoms with van der Waals surface area (Å²) in [6.45, 7) is 0. The SMILES string of the molecule is Cn1ccc(C2(O)CC3CCCC(C2)S3(=O)=O)n1. The maximum absolute atomic E-state index is 12.2. The molecule has 0 saturated carbocycles. The molecule has 0 amide bonds. The van der Waals surface area contributed by atoms with E-state index in [4.69, 9.17) is 0 Å². The Morgan fingerprint density at radius 3 is 2.50 bits per heavy atom. The highest BCUT2D eigenvalue weighted by Crippen LogP contribution is 2.45. The molecule has 3 rings (SSSR count). The second-order valence-corrected chi connectivity index (χ2v) is 8.09. The number of sulfone groups is 1. The van der Waals surface area contributed by atoms with Crippen molar-refractivity contribution in [1.82, 2.24) is 9.78 Å². The Hall–Kier alpha value is -0.880. The van der Waals surface area contributed by atoms with Crippen molar-refractivity contribution in [3.8, 4) is 0 Å². The zero-order valence-electron chi connectivity index (χ0n) is 10.4. The molecule has 1 aromatic rings. The molecule has 0 aliphatic carbocycles. The Morgan fingerprint density at radius 2 is 2.00 bits per heavy atom. The summed E-state index contributed by atoms with van der Waals surface area (Å²) in [5.41, 5.74) is -0.459. The standard InChI is InChI=1S/C12H18N2O3S/c1-14-6-5-11(13-14)12(15)7-9-3-2-4-10(8-12)18(9,16)17/h5-6,9-10,15H,2-4,7-8H2,1H3. The van der Waals surface area contributed by atoms with Crippen molar-refractivity contribution in [3.05, 3.63) is 18.0 Å². The minimum Gasteiger partial charge on any atom is -0.383 e. The summed E-state index contributed by atoms with van der Waals surface area (Å²) >= 11 is 0. The summed E-state index contributed by atoms with van der Waals surface area (Å²) in [6, 6.07) is 1.79. The van der Waals surface area contributed by atoms with E-state index in [1.54, 1.807) is 24.0 Å². The first-order chi connectivity index (χ1) is 8.42. The fourth-order valence-electron chi connectivity index (χ4n) is 3.32. The molecular weight excluding hydrogens is 252 g/mol. The number of hydrogen-bond donors (Lipinski definition) is 1. The van der Waals surface area contributed by atoms with E-state index in [1.807, 2.05) is 0 Å². The summed E-state index contributed by atoms with van der Waals surface area (Å²) < 4.78 is 26.0. The van der Waals surface area contributed by atoms with Crippen LogP contribution in [0.4, 0.5) is 0 Å². The summed E-state index contributed by atoms with van der Waals surface area (Å²) in [4.78, 5) is 0. The van der Waals surface area contributed by atoms with Crippen molar-refractivity contribution in [3.63, 3.8) is 0 Å². The molecule has 100 valence electrons. The highest BCUT2D eigenvalue weighted by Gasteiger charge is 2.51. The lowest BCUT2D eigenvalue weighted by atomic mass is 9.83. The van der Waals surface area contributed by atoms with Crippen LogP contribution >= 0.6 is 0 Å². The number of fused-ring (bicyclic) bond motifs is 2. The maximum Gasteiger partial charge on any atom is 0.156 e. The van der Waals surface area contributed by atoms with Gasteiger partial charge in [-0.05, 0) is 31.7 Å². The van der Waals surface area contributed by atoms with Crippen LogP contribution in [-0.4, -0.2) is 33.8 Å². The molecule has 0 aromatic carbocycles.